The number of methoxy groups -OCH3 is 1. The van der Waals surface area contributed by atoms with Gasteiger partial charge >= 0.3 is 0 Å². The Balaban J connectivity index is 1.63. The highest BCUT2D eigenvalue weighted by molar-refractivity contribution is 7.86. The summed E-state index contributed by atoms with van der Waals surface area (Å²) in [5.74, 6) is 1.68. The maximum atomic E-state index is 12.2. The third-order valence-electron chi connectivity index (χ3n) is 4.11. The molecule has 2 aromatic carbocycles. The van der Waals surface area contributed by atoms with E-state index in [1.807, 2.05) is 25.1 Å². The Hall–Kier alpha value is -2.05. The van der Waals surface area contributed by atoms with Crippen LogP contribution in [0, 0.1) is 6.92 Å². The fourth-order valence-electron chi connectivity index (χ4n) is 2.70. The molecule has 0 amide bonds. The van der Waals surface area contributed by atoms with Crippen molar-refractivity contribution in [2.24, 2.45) is 0 Å². The maximum absolute atomic E-state index is 12.2. The van der Waals surface area contributed by atoms with E-state index in [0.29, 0.717) is 13.0 Å². The lowest BCUT2D eigenvalue weighted by atomic mass is 9.98. The van der Waals surface area contributed by atoms with Crippen molar-refractivity contribution in [3.63, 3.8) is 0 Å². The fraction of sp³-hybridized carbons (Fsp3) is 0.333. The minimum Gasteiger partial charge on any atom is -0.497 e. The summed E-state index contributed by atoms with van der Waals surface area (Å²) in [4.78, 5) is 0.179. The highest BCUT2D eigenvalue weighted by Gasteiger charge is 2.25. The number of fused-ring (bicyclic) bond motifs is 1. The number of ether oxygens (including phenoxy) is 2. The Morgan fingerprint density at radius 3 is 2.62 bits per heavy atom. The van der Waals surface area contributed by atoms with Crippen LogP contribution >= 0.6 is 0 Å². The van der Waals surface area contributed by atoms with E-state index < -0.39 is 10.1 Å². The van der Waals surface area contributed by atoms with Gasteiger partial charge in [-0.05, 0) is 43.7 Å². The van der Waals surface area contributed by atoms with Crippen molar-refractivity contribution in [3.05, 3.63) is 53.6 Å². The summed E-state index contributed by atoms with van der Waals surface area (Å²) in [6.45, 7) is 2.54. The van der Waals surface area contributed by atoms with Crippen LogP contribution in [0.1, 0.15) is 23.5 Å². The predicted molar refractivity (Wildman–Crippen MR) is 90.2 cm³/mol. The number of hydrogen-bond donors (Lipinski definition) is 0. The van der Waals surface area contributed by atoms with Crippen molar-refractivity contribution in [3.8, 4) is 11.5 Å². The Labute approximate surface area is 142 Å². The molecule has 0 saturated heterocycles. The van der Waals surface area contributed by atoms with Gasteiger partial charge in [0.1, 0.15) is 11.5 Å². The highest BCUT2D eigenvalue weighted by atomic mass is 32.2. The van der Waals surface area contributed by atoms with Gasteiger partial charge in [-0.2, -0.15) is 8.42 Å². The van der Waals surface area contributed by atoms with Crippen LogP contribution in [0.2, 0.25) is 0 Å². The van der Waals surface area contributed by atoms with Gasteiger partial charge in [-0.3, -0.25) is 4.18 Å². The highest BCUT2D eigenvalue weighted by Crippen LogP contribution is 2.38. The first-order chi connectivity index (χ1) is 11.5. The third kappa shape index (κ3) is 3.55. The van der Waals surface area contributed by atoms with E-state index in [2.05, 4.69) is 0 Å². The van der Waals surface area contributed by atoms with E-state index in [1.54, 1.807) is 31.4 Å². The summed E-state index contributed by atoms with van der Waals surface area (Å²) >= 11 is 0. The maximum Gasteiger partial charge on any atom is 0.296 e. The molecule has 0 N–H and O–H groups in total. The van der Waals surface area contributed by atoms with E-state index in [9.17, 15) is 8.42 Å². The summed E-state index contributed by atoms with van der Waals surface area (Å²) in [5.41, 5.74) is 2.04. The van der Waals surface area contributed by atoms with Crippen molar-refractivity contribution in [2.75, 3.05) is 20.3 Å². The number of hydrogen-bond acceptors (Lipinski definition) is 5. The lowest BCUT2D eigenvalue weighted by Gasteiger charge is -2.10. The monoisotopic (exact) mass is 348 g/mol. The van der Waals surface area contributed by atoms with Crippen molar-refractivity contribution in [1.29, 1.82) is 0 Å². The Bertz CT molecular complexity index is 812. The second-order valence-corrected chi connectivity index (χ2v) is 7.40. The smallest absolute Gasteiger partial charge is 0.296 e. The van der Waals surface area contributed by atoms with Crippen LogP contribution in [0.4, 0.5) is 0 Å². The van der Waals surface area contributed by atoms with Crippen molar-refractivity contribution >= 4 is 10.1 Å². The molecule has 0 saturated carbocycles. The molecule has 1 aliphatic heterocycles. The predicted octanol–water partition coefficient (Wildman–Crippen LogP) is 3.28. The van der Waals surface area contributed by atoms with Crippen LogP contribution in [-0.2, 0) is 14.3 Å². The van der Waals surface area contributed by atoms with Gasteiger partial charge < -0.3 is 9.47 Å². The molecule has 0 aromatic heterocycles. The first-order valence-electron chi connectivity index (χ1n) is 7.76. The molecule has 1 heterocycles. The molecule has 6 heteroatoms. The average Bonchev–Trinajstić information content (AvgIpc) is 2.97. The third-order valence-corrected chi connectivity index (χ3v) is 5.44. The average molecular weight is 348 g/mol. The van der Waals surface area contributed by atoms with Crippen LogP contribution in [-0.4, -0.2) is 28.7 Å². The Kier molecular flexibility index (Phi) is 4.78. The first-order valence-corrected chi connectivity index (χ1v) is 9.17. The molecule has 0 bridgehead atoms. The van der Waals surface area contributed by atoms with Gasteiger partial charge in [-0.25, -0.2) is 0 Å². The minimum atomic E-state index is -3.72. The van der Waals surface area contributed by atoms with Gasteiger partial charge in [0.15, 0.2) is 0 Å². The molecule has 1 unspecified atom stereocenters. The number of benzene rings is 2. The molecule has 1 aliphatic rings. The van der Waals surface area contributed by atoms with Gasteiger partial charge in [0, 0.05) is 11.5 Å². The molecule has 0 spiro atoms. The summed E-state index contributed by atoms with van der Waals surface area (Å²) in [6.07, 6.45) is 0.561. The van der Waals surface area contributed by atoms with E-state index in [0.717, 1.165) is 22.6 Å². The summed E-state index contributed by atoms with van der Waals surface area (Å²) < 4.78 is 40.4. The summed E-state index contributed by atoms with van der Waals surface area (Å²) in [6, 6.07) is 12.3. The molecule has 5 nitrogen and oxygen atoms in total. The molecular weight excluding hydrogens is 328 g/mol. The van der Waals surface area contributed by atoms with Crippen molar-refractivity contribution < 1.29 is 22.1 Å². The lowest BCUT2D eigenvalue weighted by Crippen LogP contribution is -2.11. The van der Waals surface area contributed by atoms with Gasteiger partial charge in [-0.1, -0.05) is 17.7 Å². The zero-order valence-electron chi connectivity index (χ0n) is 13.7. The molecule has 0 aliphatic carbocycles. The lowest BCUT2D eigenvalue weighted by molar-refractivity contribution is 0.273. The van der Waals surface area contributed by atoms with Crippen LogP contribution in [0.15, 0.2) is 47.4 Å². The van der Waals surface area contributed by atoms with Gasteiger partial charge in [0.05, 0.1) is 25.2 Å². The molecule has 2 aromatic rings. The molecule has 24 heavy (non-hydrogen) atoms. The summed E-state index contributed by atoms with van der Waals surface area (Å²) in [7, 11) is -2.11. The zero-order valence-corrected chi connectivity index (χ0v) is 14.5. The topological polar surface area (TPSA) is 61.8 Å². The van der Waals surface area contributed by atoms with Crippen LogP contribution in [0.25, 0.3) is 0 Å². The quantitative estimate of drug-likeness (QED) is 0.750. The fourth-order valence-corrected chi connectivity index (χ4v) is 3.62. The van der Waals surface area contributed by atoms with E-state index in [-0.39, 0.29) is 17.4 Å². The van der Waals surface area contributed by atoms with Crippen LogP contribution in [0.3, 0.4) is 0 Å². The first kappa shape index (κ1) is 16.8. The van der Waals surface area contributed by atoms with Crippen molar-refractivity contribution in [2.45, 2.75) is 24.2 Å². The SMILES string of the molecule is COc1ccc2c(c1)C(CCOS(=O)(=O)c1ccc(C)cc1)CO2. The van der Waals surface area contributed by atoms with Gasteiger partial charge in [-0.15, -0.1) is 0 Å². The minimum absolute atomic E-state index is 0.100. The Morgan fingerprint density at radius 2 is 1.92 bits per heavy atom. The molecular formula is C18H20O5S. The number of aryl methyl sites for hydroxylation is 1. The normalized spacial score (nSPS) is 16.5. The van der Waals surface area contributed by atoms with E-state index >= 15 is 0 Å². The molecule has 128 valence electrons. The Morgan fingerprint density at radius 1 is 1.17 bits per heavy atom. The zero-order chi connectivity index (χ0) is 17.2. The molecule has 1 atom stereocenters. The standard InChI is InChI=1S/C18H20O5S/c1-13-3-6-16(7-4-13)24(19,20)23-10-9-14-12-22-18-8-5-15(21-2)11-17(14)18/h3-8,11,14H,9-10,12H2,1-2H3. The van der Waals surface area contributed by atoms with E-state index in [4.69, 9.17) is 13.7 Å². The van der Waals surface area contributed by atoms with Gasteiger partial charge in [0.2, 0.25) is 0 Å². The van der Waals surface area contributed by atoms with Crippen LogP contribution in [0.5, 0.6) is 11.5 Å². The largest absolute Gasteiger partial charge is 0.497 e. The summed E-state index contributed by atoms with van der Waals surface area (Å²) in [5, 5.41) is 0. The number of rotatable bonds is 6. The second kappa shape index (κ2) is 6.83. The van der Waals surface area contributed by atoms with E-state index in [1.165, 1.54) is 0 Å². The molecule has 0 fully saturated rings. The second-order valence-electron chi connectivity index (χ2n) is 5.79. The van der Waals surface area contributed by atoms with Crippen LogP contribution < -0.4 is 9.47 Å². The van der Waals surface area contributed by atoms with Gasteiger partial charge in [0.25, 0.3) is 10.1 Å². The molecule has 3 rings (SSSR count). The molecule has 0 radical (unpaired) electrons. The van der Waals surface area contributed by atoms with Crippen molar-refractivity contribution in [1.82, 2.24) is 0 Å².